The van der Waals surface area contributed by atoms with Crippen LogP contribution < -0.4 is 10.2 Å². The lowest BCUT2D eigenvalue weighted by molar-refractivity contribution is -0.114. The van der Waals surface area contributed by atoms with E-state index in [1.807, 2.05) is 13.1 Å². The summed E-state index contributed by atoms with van der Waals surface area (Å²) in [6.07, 6.45) is 0. The standard InChI is InChI=1S/C11H11BrN2O2/c1-13-5-6-14-9-7(10(15)11(14)16)3-2-4-8(9)12/h2-4,13H,5-6H2,1H3. The molecule has 84 valence electrons. The highest BCUT2D eigenvalue weighted by Gasteiger charge is 2.36. The van der Waals surface area contributed by atoms with E-state index in [0.717, 1.165) is 4.47 Å². The number of ketones is 1. The van der Waals surface area contributed by atoms with Gasteiger partial charge < -0.3 is 10.2 Å². The molecule has 5 heteroatoms. The third kappa shape index (κ3) is 1.66. The number of hydrogen-bond donors (Lipinski definition) is 1. The maximum atomic E-state index is 11.7. The van der Waals surface area contributed by atoms with Gasteiger partial charge in [0.25, 0.3) is 11.7 Å². The molecule has 1 amide bonds. The number of benzene rings is 1. The van der Waals surface area contributed by atoms with Crippen molar-refractivity contribution < 1.29 is 9.59 Å². The summed E-state index contributed by atoms with van der Waals surface area (Å²) in [6.45, 7) is 1.15. The molecule has 0 fully saturated rings. The summed E-state index contributed by atoms with van der Waals surface area (Å²) >= 11 is 3.37. The smallest absolute Gasteiger partial charge is 0.299 e. The van der Waals surface area contributed by atoms with Gasteiger partial charge in [-0.25, -0.2) is 0 Å². The Kier molecular flexibility index (Phi) is 3.07. The number of carbonyl (C=O) groups excluding carboxylic acids is 2. The number of nitrogens with one attached hydrogen (secondary N) is 1. The van der Waals surface area contributed by atoms with E-state index in [0.29, 0.717) is 24.3 Å². The average molecular weight is 283 g/mol. The van der Waals surface area contributed by atoms with E-state index in [4.69, 9.17) is 0 Å². The molecular formula is C11H11BrN2O2. The molecule has 1 aliphatic rings. The predicted molar refractivity (Wildman–Crippen MR) is 64.8 cm³/mol. The third-order valence-corrected chi connectivity index (χ3v) is 3.17. The van der Waals surface area contributed by atoms with Gasteiger partial charge in [-0.05, 0) is 35.1 Å². The fourth-order valence-electron chi connectivity index (χ4n) is 1.75. The number of amides is 1. The molecule has 1 aromatic rings. The number of Topliss-reactive ketones (excluding diaryl/α,β-unsaturated/α-hetero) is 1. The molecule has 4 nitrogen and oxygen atoms in total. The second-order valence-corrected chi connectivity index (χ2v) is 4.38. The molecule has 0 radical (unpaired) electrons. The Bertz CT molecular complexity index is 459. The first-order valence-corrected chi connectivity index (χ1v) is 5.75. The fraction of sp³-hybridized carbons (Fsp3) is 0.273. The molecule has 0 saturated heterocycles. The van der Waals surface area contributed by atoms with Gasteiger partial charge in [0.1, 0.15) is 0 Å². The lowest BCUT2D eigenvalue weighted by Gasteiger charge is -2.17. The monoisotopic (exact) mass is 282 g/mol. The van der Waals surface area contributed by atoms with Crippen molar-refractivity contribution in [2.24, 2.45) is 0 Å². The van der Waals surface area contributed by atoms with Gasteiger partial charge in [-0.3, -0.25) is 9.59 Å². The second-order valence-electron chi connectivity index (χ2n) is 3.53. The molecule has 0 spiro atoms. The lowest BCUT2D eigenvalue weighted by Crippen LogP contribution is -2.35. The van der Waals surface area contributed by atoms with Crippen molar-refractivity contribution in [1.29, 1.82) is 0 Å². The molecular weight excluding hydrogens is 272 g/mol. The molecule has 0 unspecified atom stereocenters. The van der Waals surface area contributed by atoms with E-state index >= 15 is 0 Å². The van der Waals surface area contributed by atoms with Gasteiger partial charge in [-0.15, -0.1) is 0 Å². The highest BCUT2D eigenvalue weighted by atomic mass is 79.9. The summed E-state index contributed by atoms with van der Waals surface area (Å²) in [5.74, 6) is -0.871. The molecule has 0 atom stereocenters. The summed E-state index contributed by atoms with van der Waals surface area (Å²) in [5, 5.41) is 2.96. The Labute approximate surface area is 102 Å². The summed E-state index contributed by atoms with van der Waals surface area (Å²) in [7, 11) is 1.81. The number of halogens is 1. The Hall–Kier alpha value is -1.20. The van der Waals surface area contributed by atoms with Gasteiger partial charge in [0.2, 0.25) is 0 Å². The zero-order valence-electron chi connectivity index (χ0n) is 8.79. The quantitative estimate of drug-likeness (QED) is 0.848. The van der Waals surface area contributed by atoms with Crippen molar-refractivity contribution >= 4 is 33.3 Å². The Morgan fingerprint density at radius 3 is 2.81 bits per heavy atom. The number of rotatable bonds is 3. The van der Waals surface area contributed by atoms with Crippen molar-refractivity contribution in [2.75, 3.05) is 25.0 Å². The number of hydrogen-bond acceptors (Lipinski definition) is 3. The number of fused-ring (bicyclic) bond motifs is 1. The maximum absolute atomic E-state index is 11.7. The first-order valence-electron chi connectivity index (χ1n) is 4.96. The van der Waals surface area contributed by atoms with Crippen LogP contribution in [0.25, 0.3) is 0 Å². The number of para-hydroxylation sites is 1. The van der Waals surface area contributed by atoms with Crippen molar-refractivity contribution in [2.45, 2.75) is 0 Å². The maximum Gasteiger partial charge on any atom is 0.299 e. The molecule has 0 aromatic heterocycles. The summed E-state index contributed by atoms with van der Waals surface area (Å²) in [5.41, 5.74) is 1.17. The second kappa shape index (κ2) is 4.35. The van der Waals surface area contributed by atoms with Crippen molar-refractivity contribution in [1.82, 2.24) is 5.32 Å². The molecule has 0 saturated carbocycles. The van der Waals surface area contributed by atoms with Crippen LogP contribution in [0.15, 0.2) is 22.7 Å². The summed E-state index contributed by atoms with van der Waals surface area (Å²) < 4.78 is 0.778. The minimum absolute atomic E-state index is 0.424. The van der Waals surface area contributed by atoms with E-state index in [-0.39, 0.29) is 0 Å². The molecule has 2 rings (SSSR count). The number of nitrogens with zero attached hydrogens (tertiary/aromatic N) is 1. The first kappa shape index (κ1) is 11.3. The zero-order chi connectivity index (χ0) is 11.7. The topological polar surface area (TPSA) is 49.4 Å². The third-order valence-electron chi connectivity index (χ3n) is 2.53. The largest absolute Gasteiger partial charge is 0.318 e. The van der Waals surface area contributed by atoms with E-state index in [2.05, 4.69) is 21.2 Å². The van der Waals surface area contributed by atoms with Gasteiger partial charge in [0, 0.05) is 17.6 Å². The van der Waals surface area contributed by atoms with Crippen LogP contribution in [0, 0.1) is 0 Å². The molecule has 1 aliphatic heterocycles. The van der Waals surface area contributed by atoms with Crippen LogP contribution in [0.1, 0.15) is 10.4 Å². The van der Waals surface area contributed by atoms with E-state index < -0.39 is 11.7 Å². The minimum atomic E-state index is -0.447. The Morgan fingerprint density at radius 2 is 2.12 bits per heavy atom. The fourth-order valence-corrected chi connectivity index (χ4v) is 2.33. The predicted octanol–water partition coefficient (Wildman–Crippen LogP) is 1.20. The van der Waals surface area contributed by atoms with E-state index in [9.17, 15) is 9.59 Å². The van der Waals surface area contributed by atoms with Gasteiger partial charge in [-0.1, -0.05) is 6.07 Å². The van der Waals surface area contributed by atoms with Gasteiger partial charge in [0.15, 0.2) is 0 Å². The van der Waals surface area contributed by atoms with Crippen molar-refractivity contribution in [3.8, 4) is 0 Å². The highest BCUT2D eigenvalue weighted by molar-refractivity contribution is 9.10. The molecule has 1 aromatic carbocycles. The van der Waals surface area contributed by atoms with Crippen LogP contribution in [-0.2, 0) is 4.79 Å². The molecule has 0 aliphatic carbocycles. The van der Waals surface area contributed by atoms with E-state index in [1.165, 1.54) is 4.90 Å². The van der Waals surface area contributed by atoms with Crippen LogP contribution in [-0.4, -0.2) is 31.8 Å². The van der Waals surface area contributed by atoms with Gasteiger partial charge >= 0.3 is 0 Å². The van der Waals surface area contributed by atoms with Crippen LogP contribution in [0.2, 0.25) is 0 Å². The van der Waals surface area contributed by atoms with E-state index in [1.54, 1.807) is 12.1 Å². The molecule has 16 heavy (non-hydrogen) atoms. The van der Waals surface area contributed by atoms with Gasteiger partial charge in [-0.2, -0.15) is 0 Å². The van der Waals surface area contributed by atoms with Crippen LogP contribution >= 0.6 is 15.9 Å². The SMILES string of the molecule is CNCCN1C(=O)C(=O)c2cccc(Br)c21. The van der Waals surface area contributed by atoms with Crippen LogP contribution in [0.4, 0.5) is 5.69 Å². The van der Waals surface area contributed by atoms with Crippen molar-refractivity contribution in [3.63, 3.8) is 0 Å². The normalized spacial score (nSPS) is 14.5. The summed E-state index contributed by atoms with van der Waals surface area (Å²) in [4.78, 5) is 25.0. The first-order chi connectivity index (χ1) is 7.66. The Morgan fingerprint density at radius 1 is 1.38 bits per heavy atom. The number of carbonyl (C=O) groups is 2. The average Bonchev–Trinajstić information content (AvgIpc) is 2.52. The Balaban J connectivity index is 2.43. The molecule has 1 heterocycles. The van der Waals surface area contributed by atoms with Gasteiger partial charge in [0.05, 0.1) is 11.3 Å². The molecule has 0 bridgehead atoms. The number of likely N-dealkylation sites (N-methyl/N-ethyl adjacent to an activating group) is 1. The van der Waals surface area contributed by atoms with Crippen molar-refractivity contribution in [3.05, 3.63) is 28.2 Å². The van der Waals surface area contributed by atoms with Crippen LogP contribution in [0.3, 0.4) is 0 Å². The van der Waals surface area contributed by atoms with Crippen LogP contribution in [0.5, 0.6) is 0 Å². The lowest BCUT2D eigenvalue weighted by atomic mass is 10.1. The zero-order valence-corrected chi connectivity index (χ0v) is 10.4. The molecule has 1 N–H and O–H groups in total. The minimum Gasteiger partial charge on any atom is -0.318 e. The highest BCUT2D eigenvalue weighted by Crippen LogP contribution is 2.35. The number of anilines is 1. The summed E-state index contributed by atoms with van der Waals surface area (Å²) in [6, 6.07) is 5.27.